The average Bonchev–Trinajstić information content (AvgIpc) is 1.87. The van der Waals surface area contributed by atoms with Gasteiger partial charge in [-0.1, -0.05) is 34.9 Å². The summed E-state index contributed by atoms with van der Waals surface area (Å²) < 4.78 is 0. The molecule has 0 amide bonds. The van der Waals surface area contributed by atoms with E-state index < -0.39 is 0 Å². The summed E-state index contributed by atoms with van der Waals surface area (Å²) in [5.41, 5.74) is 4.09. The van der Waals surface area contributed by atoms with Crippen molar-refractivity contribution in [1.29, 1.82) is 0 Å². The van der Waals surface area contributed by atoms with Gasteiger partial charge in [0.2, 0.25) is 0 Å². The highest BCUT2D eigenvalue weighted by Gasteiger charge is 1.79. The van der Waals surface area contributed by atoms with E-state index in [1.165, 1.54) is 16.7 Å². The van der Waals surface area contributed by atoms with Crippen molar-refractivity contribution in [2.45, 2.75) is 27.2 Å². The molecule has 0 bridgehead atoms. The van der Waals surface area contributed by atoms with E-state index in [1.54, 1.807) is 0 Å². The van der Waals surface area contributed by atoms with E-state index in [0.29, 0.717) is 0 Å². The maximum atomic E-state index is 5.40. The molecule has 0 fully saturated rings. The fourth-order valence-corrected chi connectivity index (χ4v) is 0.847. The summed E-state index contributed by atoms with van der Waals surface area (Å²) in [6.07, 6.45) is 7.22. The van der Waals surface area contributed by atoms with Crippen molar-refractivity contribution in [3.8, 4) is 0 Å². The Morgan fingerprint density at radius 2 is 1.82 bits per heavy atom. The van der Waals surface area contributed by atoms with Crippen molar-refractivity contribution in [2.75, 3.05) is 0 Å². The molecule has 0 aromatic heterocycles. The van der Waals surface area contributed by atoms with Crippen molar-refractivity contribution in [3.63, 3.8) is 0 Å². The van der Waals surface area contributed by atoms with E-state index in [0.717, 1.165) is 6.42 Å². The van der Waals surface area contributed by atoms with Crippen LogP contribution in [-0.2, 0) is 0 Å². The van der Waals surface area contributed by atoms with Crippen LogP contribution in [0.3, 0.4) is 0 Å². The van der Waals surface area contributed by atoms with Crippen molar-refractivity contribution < 1.29 is 0 Å². The van der Waals surface area contributed by atoms with Crippen LogP contribution in [0.5, 0.6) is 0 Å². The second kappa shape index (κ2) is 6.23. The fraction of sp³-hybridized carbons (Fsp3) is 0.400. The highest BCUT2D eigenvalue weighted by molar-refractivity contribution is 6.25. The van der Waals surface area contributed by atoms with Gasteiger partial charge in [0.1, 0.15) is 0 Å². The van der Waals surface area contributed by atoms with E-state index in [4.69, 9.17) is 11.6 Å². The molecule has 0 atom stereocenters. The molecule has 0 heterocycles. The first-order valence-corrected chi connectivity index (χ1v) is 4.17. The summed E-state index contributed by atoms with van der Waals surface area (Å²) in [6, 6.07) is 0. The molecule has 62 valence electrons. The minimum absolute atomic E-state index is 0.995. The lowest BCUT2D eigenvalue weighted by Crippen LogP contribution is -1.68. The van der Waals surface area contributed by atoms with Crippen molar-refractivity contribution >= 4 is 11.6 Å². The van der Waals surface area contributed by atoms with Crippen LogP contribution in [0.25, 0.3) is 0 Å². The monoisotopic (exact) mass is 170 g/mol. The Morgan fingerprint density at radius 3 is 2.27 bits per heavy atom. The molecule has 11 heavy (non-hydrogen) atoms. The van der Waals surface area contributed by atoms with Gasteiger partial charge in [-0.25, -0.2) is 0 Å². The first-order valence-electron chi connectivity index (χ1n) is 3.73. The van der Waals surface area contributed by atoms with Gasteiger partial charge in [0.05, 0.1) is 0 Å². The largest absolute Gasteiger partial charge is 0.0929 e. The van der Waals surface area contributed by atoms with Crippen LogP contribution in [-0.4, -0.2) is 0 Å². The Balaban J connectivity index is 3.83. The van der Waals surface area contributed by atoms with Gasteiger partial charge in [-0.15, -0.1) is 0 Å². The normalized spacial score (nSPS) is 12.2. The number of allylic oxidation sites excluding steroid dienone is 5. The molecule has 0 aliphatic rings. The Bertz CT molecular complexity index is 181. The average molecular weight is 171 g/mol. The van der Waals surface area contributed by atoms with Crippen molar-refractivity contribution in [3.05, 3.63) is 34.9 Å². The van der Waals surface area contributed by atoms with E-state index in [1.807, 2.05) is 13.0 Å². The van der Waals surface area contributed by atoms with E-state index in [2.05, 4.69) is 26.0 Å². The highest BCUT2D eigenvalue weighted by Crippen LogP contribution is 2.01. The zero-order chi connectivity index (χ0) is 8.69. The maximum Gasteiger partial charge on any atom is 0.00449 e. The topological polar surface area (TPSA) is 0 Å². The Kier molecular flexibility index (Phi) is 5.96. The summed E-state index contributed by atoms with van der Waals surface area (Å²) in [5.74, 6) is 0. The standard InChI is InChI=1S/C10H15Cl/c1-9(2)5-4-6-10(3)7-8-11/h5-8H,4H2,1-3H3. The molecule has 0 saturated carbocycles. The summed E-state index contributed by atoms with van der Waals surface area (Å²) in [4.78, 5) is 0. The molecule has 0 saturated heterocycles. The molecule has 0 aromatic carbocycles. The number of halogens is 1. The van der Waals surface area contributed by atoms with Crippen LogP contribution in [0.4, 0.5) is 0 Å². The van der Waals surface area contributed by atoms with E-state index >= 15 is 0 Å². The smallest absolute Gasteiger partial charge is 0.00449 e. The van der Waals surface area contributed by atoms with Gasteiger partial charge in [0.15, 0.2) is 0 Å². The predicted octanol–water partition coefficient (Wildman–Crippen LogP) is 4.04. The lowest BCUT2D eigenvalue weighted by atomic mass is 10.2. The van der Waals surface area contributed by atoms with Crippen LogP contribution >= 0.6 is 11.6 Å². The lowest BCUT2D eigenvalue weighted by Gasteiger charge is -1.89. The van der Waals surface area contributed by atoms with Gasteiger partial charge < -0.3 is 0 Å². The van der Waals surface area contributed by atoms with Crippen LogP contribution < -0.4 is 0 Å². The van der Waals surface area contributed by atoms with Crippen molar-refractivity contribution in [2.24, 2.45) is 0 Å². The third-order valence-corrected chi connectivity index (χ3v) is 1.42. The second-order valence-electron chi connectivity index (χ2n) is 2.76. The molecule has 0 aliphatic carbocycles. The summed E-state index contributed by atoms with van der Waals surface area (Å²) in [6.45, 7) is 6.23. The molecule has 1 heteroatoms. The Labute approximate surface area is 74.3 Å². The quantitative estimate of drug-likeness (QED) is 0.443. The van der Waals surface area contributed by atoms with Gasteiger partial charge in [-0.05, 0) is 33.3 Å². The van der Waals surface area contributed by atoms with Crippen LogP contribution in [0.2, 0.25) is 0 Å². The molecular weight excluding hydrogens is 156 g/mol. The first-order chi connectivity index (χ1) is 5.16. The summed E-state index contributed by atoms with van der Waals surface area (Å²) in [5, 5.41) is 0. The number of hydrogen-bond donors (Lipinski definition) is 0. The highest BCUT2D eigenvalue weighted by atomic mass is 35.5. The molecule has 0 spiro atoms. The van der Waals surface area contributed by atoms with Gasteiger partial charge in [-0.2, -0.15) is 0 Å². The number of hydrogen-bond acceptors (Lipinski definition) is 0. The Morgan fingerprint density at radius 1 is 1.18 bits per heavy atom. The first kappa shape index (κ1) is 10.5. The van der Waals surface area contributed by atoms with Crippen LogP contribution in [0, 0.1) is 0 Å². The SMILES string of the molecule is CC(C)=CCC=C(C)C=CCl. The molecule has 0 N–H and O–H groups in total. The van der Waals surface area contributed by atoms with Gasteiger partial charge in [0.25, 0.3) is 0 Å². The zero-order valence-corrected chi connectivity index (χ0v) is 8.15. The minimum Gasteiger partial charge on any atom is -0.0929 e. The minimum atomic E-state index is 0.995. The summed E-state index contributed by atoms with van der Waals surface area (Å²) >= 11 is 5.40. The maximum absolute atomic E-state index is 5.40. The van der Waals surface area contributed by atoms with Gasteiger partial charge in [-0.3, -0.25) is 0 Å². The summed E-state index contributed by atoms with van der Waals surface area (Å²) in [7, 11) is 0. The zero-order valence-electron chi connectivity index (χ0n) is 7.39. The van der Waals surface area contributed by atoms with E-state index in [9.17, 15) is 0 Å². The van der Waals surface area contributed by atoms with E-state index in [-0.39, 0.29) is 0 Å². The lowest BCUT2D eigenvalue weighted by molar-refractivity contribution is 1.26. The molecular formula is C10H15Cl. The van der Waals surface area contributed by atoms with Crippen molar-refractivity contribution in [1.82, 2.24) is 0 Å². The van der Waals surface area contributed by atoms with Crippen LogP contribution in [0.1, 0.15) is 27.2 Å². The Hall–Kier alpha value is -0.490. The molecule has 0 rings (SSSR count). The third kappa shape index (κ3) is 7.41. The fourth-order valence-electron chi connectivity index (χ4n) is 0.648. The van der Waals surface area contributed by atoms with Gasteiger partial charge in [0, 0.05) is 5.54 Å². The third-order valence-electron chi connectivity index (χ3n) is 1.29. The van der Waals surface area contributed by atoms with Gasteiger partial charge >= 0.3 is 0 Å². The second-order valence-corrected chi connectivity index (χ2v) is 3.01. The van der Waals surface area contributed by atoms with Crippen LogP contribution in [0.15, 0.2) is 34.9 Å². The molecule has 0 radical (unpaired) electrons. The number of rotatable bonds is 3. The predicted molar refractivity (Wildman–Crippen MR) is 52.8 cm³/mol. The molecule has 0 aliphatic heterocycles. The molecule has 0 aromatic rings. The molecule has 0 unspecified atom stereocenters. The molecule has 0 nitrogen and oxygen atoms in total.